The minimum absolute atomic E-state index is 0.0609. The van der Waals surface area contributed by atoms with Gasteiger partial charge in [-0.05, 0) is 18.1 Å². The first kappa shape index (κ1) is 13.3. The van der Waals surface area contributed by atoms with Gasteiger partial charge in [0.1, 0.15) is 5.69 Å². The van der Waals surface area contributed by atoms with Crippen molar-refractivity contribution in [1.29, 1.82) is 0 Å². The Balaban J connectivity index is 2.06. The number of hydrogen-bond donors (Lipinski definition) is 2. The largest absolute Gasteiger partial charge is 0.344 e. The molecular formula is C14H18N4O. The smallest absolute Gasteiger partial charge is 0.270 e. The average molecular weight is 258 g/mol. The number of aromatic nitrogens is 2. The maximum absolute atomic E-state index is 12.0. The van der Waals surface area contributed by atoms with E-state index in [0.29, 0.717) is 12.2 Å². The van der Waals surface area contributed by atoms with E-state index >= 15 is 0 Å². The van der Waals surface area contributed by atoms with E-state index in [0.717, 1.165) is 11.1 Å². The summed E-state index contributed by atoms with van der Waals surface area (Å²) in [5.41, 5.74) is 8.23. The number of benzene rings is 1. The highest BCUT2D eigenvalue weighted by molar-refractivity contribution is 5.92. The molecule has 0 aliphatic carbocycles. The first-order chi connectivity index (χ1) is 9.11. The van der Waals surface area contributed by atoms with Crippen LogP contribution >= 0.6 is 0 Å². The fourth-order valence-corrected chi connectivity index (χ4v) is 1.87. The summed E-state index contributed by atoms with van der Waals surface area (Å²) in [4.78, 5) is 16.0. The number of nitrogens with zero attached hydrogens (tertiary/aromatic N) is 2. The van der Waals surface area contributed by atoms with E-state index in [9.17, 15) is 4.79 Å². The predicted octanol–water partition coefficient (Wildman–Crippen LogP) is 1.37. The molecular weight excluding hydrogens is 240 g/mol. The third kappa shape index (κ3) is 3.00. The van der Waals surface area contributed by atoms with Crippen LogP contribution in [0.25, 0.3) is 0 Å². The normalized spacial score (nSPS) is 12.2. The van der Waals surface area contributed by atoms with Gasteiger partial charge in [-0.3, -0.25) is 4.79 Å². The van der Waals surface area contributed by atoms with Crippen molar-refractivity contribution in [2.45, 2.75) is 19.5 Å². The molecule has 2 rings (SSSR count). The molecule has 5 heteroatoms. The van der Waals surface area contributed by atoms with Crippen LogP contribution < -0.4 is 11.1 Å². The quantitative estimate of drug-likeness (QED) is 0.870. The molecule has 100 valence electrons. The number of imidazole rings is 1. The zero-order valence-electron chi connectivity index (χ0n) is 11.1. The van der Waals surface area contributed by atoms with E-state index in [2.05, 4.69) is 10.3 Å². The molecule has 0 bridgehead atoms. The lowest BCUT2D eigenvalue weighted by atomic mass is 10.1. The highest BCUT2D eigenvalue weighted by Crippen LogP contribution is 2.14. The first-order valence-corrected chi connectivity index (χ1v) is 6.18. The van der Waals surface area contributed by atoms with E-state index in [4.69, 9.17) is 5.73 Å². The van der Waals surface area contributed by atoms with Crippen LogP contribution in [0.15, 0.2) is 36.8 Å². The lowest BCUT2D eigenvalue weighted by Gasteiger charge is -2.14. The van der Waals surface area contributed by atoms with E-state index in [1.54, 1.807) is 24.1 Å². The molecule has 1 unspecified atom stereocenters. The molecule has 1 heterocycles. The van der Waals surface area contributed by atoms with Crippen LogP contribution in [0.4, 0.5) is 0 Å². The minimum Gasteiger partial charge on any atom is -0.344 e. The van der Waals surface area contributed by atoms with E-state index in [1.807, 2.05) is 31.2 Å². The summed E-state index contributed by atoms with van der Waals surface area (Å²) in [7, 11) is 1.79. The van der Waals surface area contributed by atoms with E-state index in [1.165, 1.54) is 0 Å². The first-order valence-electron chi connectivity index (χ1n) is 6.18. The second kappa shape index (κ2) is 5.67. The number of nitrogens with one attached hydrogen (secondary N) is 1. The van der Waals surface area contributed by atoms with Crippen molar-refractivity contribution < 1.29 is 4.79 Å². The topological polar surface area (TPSA) is 72.9 Å². The Kier molecular flexibility index (Phi) is 3.97. The van der Waals surface area contributed by atoms with Gasteiger partial charge in [0.15, 0.2) is 0 Å². The van der Waals surface area contributed by atoms with Crippen LogP contribution in [0.5, 0.6) is 0 Å². The van der Waals surface area contributed by atoms with Gasteiger partial charge in [-0.15, -0.1) is 0 Å². The molecule has 3 N–H and O–H groups in total. The Labute approximate surface area is 112 Å². The minimum atomic E-state index is -0.129. The summed E-state index contributed by atoms with van der Waals surface area (Å²) in [6.07, 6.45) is 3.16. The standard InChI is InChI=1S/C14H18N4O/c1-10(12-5-3-11(7-15)4-6-12)17-14(19)13-8-16-9-18(13)2/h3-6,8-10H,7,15H2,1-2H3,(H,17,19). The highest BCUT2D eigenvalue weighted by Gasteiger charge is 2.13. The lowest BCUT2D eigenvalue weighted by molar-refractivity contribution is 0.0931. The fourth-order valence-electron chi connectivity index (χ4n) is 1.87. The molecule has 1 aromatic carbocycles. The van der Waals surface area contributed by atoms with Crippen molar-refractivity contribution in [2.75, 3.05) is 0 Å². The van der Waals surface area contributed by atoms with Crippen molar-refractivity contribution in [1.82, 2.24) is 14.9 Å². The number of carbonyl (C=O) groups is 1. The summed E-state index contributed by atoms with van der Waals surface area (Å²) in [6, 6.07) is 7.85. The Morgan fingerprint density at radius 2 is 2.11 bits per heavy atom. The van der Waals surface area contributed by atoms with Crippen molar-refractivity contribution in [2.24, 2.45) is 12.8 Å². The van der Waals surface area contributed by atoms with Crippen LogP contribution in [0.2, 0.25) is 0 Å². The second-order valence-electron chi connectivity index (χ2n) is 4.53. The molecule has 1 aromatic heterocycles. The molecule has 5 nitrogen and oxygen atoms in total. The molecule has 19 heavy (non-hydrogen) atoms. The van der Waals surface area contributed by atoms with Gasteiger partial charge in [0, 0.05) is 13.6 Å². The van der Waals surface area contributed by atoms with Crippen LogP contribution in [-0.4, -0.2) is 15.5 Å². The molecule has 0 spiro atoms. The summed E-state index contributed by atoms with van der Waals surface area (Å²) in [5, 5.41) is 2.95. The molecule has 0 saturated carbocycles. The Morgan fingerprint density at radius 3 is 2.63 bits per heavy atom. The highest BCUT2D eigenvalue weighted by atomic mass is 16.2. The van der Waals surface area contributed by atoms with E-state index in [-0.39, 0.29) is 11.9 Å². The summed E-state index contributed by atoms with van der Waals surface area (Å²) in [5.74, 6) is -0.129. The van der Waals surface area contributed by atoms with Crippen molar-refractivity contribution in [3.8, 4) is 0 Å². The zero-order chi connectivity index (χ0) is 13.8. The third-order valence-electron chi connectivity index (χ3n) is 3.11. The Bertz CT molecular complexity index is 559. The van der Waals surface area contributed by atoms with Gasteiger partial charge < -0.3 is 15.6 Å². The molecule has 2 aromatic rings. The summed E-state index contributed by atoms with van der Waals surface area (Å²) in [6.45, 7) is 2.47. The Morgan fingerprint density at radius 1 is 1.42 bits per heavy atom. The van der Waals surface area contributed by atoms with Gasteiger partial charge in [-0.2, -0.15) is 0 Å². The van der Waals surface area contributed by atoms with Gasteiger partial charge >= 0.3 is 0 Å². The van der Waals surface area contributed by atoms with Crippen LogP contribution in [0.1, 0.15) is 34.6 Å². The van der Waals surface area contributed by atoms with Gasteiger partial charge in [-0.1, -0.05) is 24.3 Å². The molecule has 0 fully saturated rings. The number of amides is 1. The predicted molar refractivity (Wildman–Crippen MR) is 73.4 cm³/mol. The number of nitrogens with two attached hydrogens (primary N) is 1. The number of rotatable bonds is 4. The van der Waals surface area contributed by atoms with Gasteiger partial charge in [0.2, 0.25) is 0 Å². The van der Waals surface area contributed by atoms with E-state index < -0.39 is 0 Å². The van der Waals surface area contributed by atoms with Gasteiger partial charge in [0.25, 0.3) is 5.91 Å². The van der Waals surface area contributed by atoms with Crippen LogP contribution in [0.3, 0.4) is 0 Å². The van der Waals surface area contributed by atoms with Crippen molar-refractivity contribution in [3.05, 3.63) is 53.6 Å². The maximum Gasteiger partial charge on any atom is 0.270 e. The van der Waals surface area contributed by atoms with Crippen molar-refractivity contribution in [3.63, 3.8) is 0 Å². The lowest BCUT2D eigenvalue weighted by Crippen LogP contribution is -2.28. The monoisotopic (exact) mass is 258 g/mol. The summed E-state index contributed by atoms with van der Waals surface area (Å²) >= 11 is 0. The molecule has 0 aliphatic heterocycles. The number of aryl methyl sites for hydroxylation is 1. The Hall–Kier alpha value is -2.14. The molecule has 0 aliphatic rings. The van der Waals surface area contributed by atoms with Gasteiger partial charge in [-0.25, -0.2) is 4.98 Å². The SMILES string of the molecule is CC(NC(=O)c1cncn1C)c1ccc(CN)cc1. The summed E-state index contributed by atoms with van der Waals surface area (Å²) < 4.78 is 1.69. The molecule has 0 radical (unpaired) electrons. The molecule has 1 amide bonds. The number of hydrogen-bond acceptors (Lipinski definition) is 3. The third-order valence-corrected chi connectivity index (χ3v) is 3.11. The maximum atomic E-state index is 12.0. The zero-order valence-corrected chi connectivity index (χ0v) is 11.1. The average Bonchev–Trinajstić information content (AvgIpc) is 2.85. The molecule has 1 atom stereocenters. The van der Waals surface area contributed by atoms with Crippen LogP contribution in [-0.2, 0) is 13.6 Å². The number of carbonyl (C=O) groups excluding carboxylic acids is 1. The molecule has 0 saturated heterocycles. The van der Waals surface area contributed by atoms with Crippen LogP contribution in [0, 0.1) is 0 Å². The van der Waals surface area contributed by atoms with Gasteiger partial charge in [0.05, 0.1) is 18.6 Å². The second-order valence-corrected chi connectivity index (χ2v) is 4.53. The fraction of sp³-hybridized carbons (Fsp3) is 0.286. The van der Waals surface area contributed by atoms with Crippen molar-refractivity contribution >= 4 is 5.91 Å².